The van der Waals surface area contributed by atoms with Gasteiger partial charge < -0.3 is 10.6 Å². The van der Waals surface area contributed by atoms with Gasteiger partial charge in [-0.25, -0.2) is 4.98 Å². The Labute approximate surface area is 117 Å². The molecule has 106 valence electrons. The third kappa shape index (κ3) is 2.54. The van der Waals surface area contributed by atoms with Gasteiger partial charge in [0.15, 0.2) is 0 Å². The van der Waals surface area contributed by atoms with Gasteiger partial charge in [0.05, 0.1) is 0 Å². The van der Waals surface area contributed by atoms with Crippen LogP contribution in [-0.4, -0.2) is 43.3 Å². The Morgan fingerprint density at radius 3 is 2.65 bits per heavy atom. The second-order valence-electron chi connectivity index (χ2n) is 5.08. The molecule has 0 atom stereocenters. The van der Waals surface area contributed by atoms with Crippen molar-refractivity contribution in [2.75, 3.05) is 24.2 Å². The molecule has 0 bridgehead atoms. The molecule has 2 aromatic heterocycles. The SMILES string of the molecule is CCC1(CNc2nc(NC)nc(-n3cncn3)n2)CC1. The molecule has 0 aromatic carbocycles. The summed E-state index contributed by atoms with van der Waals surface area (Å²) >= 11 is 0. The van der Waals surface area contributed by atoms with E-state index in [-0.39, 0.29) is 0 Å². The van der Waals surface area contributed by atoms with Gasteiger partial charge in [0.2, 0.25) is 11.9 Å². The van der Waals surface area contributed by atoms with Crippen molar-refractivity contribution in [3.63, 3.8) is 0 Å². The first-order valence-electron chi connectivity index (χ1n) is 6.77. The lowest BCUT2D eigenvalue weighted by Crippen LogP contribution is -2.18. The van der Waals surface area contributed by atoms with Crippen LogP contribution in [0, 0.1) is 5.41 Å². The third-order valence-electron chi connectivity index (χ3n) is 3.80. The standard InChI is InChI=1S/C12H18N8/c1-3-12(4-5-12)6-15-10-17-9(13-2)18-11(19-10)20-8-14-7-16-20/h7-8H,3-6H2,1-2H3,(H2,13,15,17,18,19). The zero-order valence-electron chi connectivity index (χ0n) is 11.7. The minimum Gasteiger partial charge on any atom is -0.357 e. The summed E-state index contributed by atoms with van der Waals surface area (Å²) in [4.78, 5) is 16.9. The molecule has 1 aliphatic rings. The number of anilines is 2. The number of aromatic nitrogens is 6. The summed E-state index contributed by atoms with van der Waals surface area (Å²) in [6.45, 7) is 3.12. The fraction of sp³-hybridized carbons (Fsp3) is 0.583. The Balaban J connectivity index is 1.81. The molecule has 0 amide bonds. The predicted molar refractivity (Wildman–Crippen MR) is 74.7 cm³/mol. The van der Waals surface area contributed by atoms with Crippen LogP contribution in [0.4, 0.5) is 11.9 Å². The number of rotatable bonds is 6. The Morgan fingerprint density at radius 2 is 2.05 bits per heavy atom. The van der Waals surface area contributed by atoms with Gasteiger partial charge in [0, 0.05) is 13.6 Å². The average Bonchev–Trinajstić information content (AvgIpc) is 3.06. The van der Waals surface area contributed by atoms with E-state index < -0.39 is 0 Å². The lowest BCUT2D eigenvalue weighted by molar-refractivity contribution is 0.519. The smallest absolute Gasteiger partial charge is 0.258 e. The Kier molecular flexibility index (Phi) is 3.21. The van der Waals surface area contributed by atoms with Crippen molar-refractivity contribution in [3.05, 3.63) is 12.7 Å². The Bertz CT molecular complexity index is 575. The summed E-state index contributed by atoms with van der Waals surface area (Å²) in [7, 11) is 1.78. The van der Waals surface area contributed by atoms with E-state index in [0.717, 1.165) is 6.54 Å². The molecule has 1 saturated carbocycles. The van der Waals surface area contributed by atoms with Crippen molar-refractivity contribution < 1.29 is 0 Å². The molecule has 0 saturated heterocycles. The van der Waals surface area contributed by atoms with Gasteiger partial charge in [-0.05, 0) is 24.7 Å². The molecule has 0 radical (unpaired) electrons. The maximum absolute atomic E-state index is 4.38. The topological polar surface area (TPSA) is 93.4 Å². The van der Waals surface area contributed by atoms with E-state index in [1.807, 2.05) is 0 Å². The van der Waals surface area contributed by atoms with Gasteiger partial charge in [0.1, 0.15) is 12.7 Å². The van der Waals surface area contributed by atoms with Crippen LogP contribution in [0.15, 0.2) is 12.7 Å². The van der Waals surface area contributed by atoms with Crippen LogP contribution < -0.4 is 10.6 Å². The van der Waals surface area contributed by atoms with Gasteiger partial charge in [-0.1, -0.05) is 6.92 Å². The Hall–Kier alpha value is -2.25. The molecule has 1 fully saturated rings. The fourth-order valence-electron chi connectivity index (χ4n) is 2.07. The summed E-state index contributed by atoms with van der Waals surface area (Å²) < 4.78 is 1.51. The number of nitrogens with zero attached hydrogens (tertiary/aromatic N) is 6. The van der Waals surface area contributed by atoms with Crippen LogP contribution in [-0.2, 0) is 0 Å². The number of hydrogen-bond donors (Lipinski definition) is 2. The van der Waals surface area contributed by atoms with Crippen LogP contribution in [0.2, 0.25) is 0 Å². The first-order valence-corrected chi connectivity index (χ1v) is 6.77. The van der Waals surface area contributed by atoms with E-state index >= 15 is 0 Å². The summed E-state index contributed by atoms with van der Waals surface area (Å²) in [5.74, 6) is 1.52. The molecule has 8 heteroatoms. The molecule has 2 N–H and O–H groups in total. The summed E-state index contributed by atoms with van der Waals surface area (Å²) in [5, 5.41) is 10.3. The molecule has 3 rings (SSSR count). The average molecular weight is 274 g/mol. The van der Waals surface area contributed by atoms with Gasteiger partial charge >= 0.3 is 0 Å². The van der Waals surface area contributed by atoms with Crippen molar-refractivity contribution in [1.29, 1.82) is 0 Å². The largest absolute Gasteiger partial charge is 0.357 e. The van der Waals surface area contributed by atoms with Crippen molar-refractivity contribution in [2.24, 2.45) is 5.41 Å². The highest BCUT2D eigenvalue weighted by Gasteiger charge is 2.40. The third-order valence-corrected chi connectivity index (χ3v) is 3.80. The van der Waals surface area contributed by atoms with E-state index in [0.29, 0.717) is 23.3 Å². The minimum absolute atomic E-state index is 0.430. The summed E-state index contributed by atoms with van der Waals surface area (Å²) in [5.41, 5.74) is 0.430. The van der Waals surface area contributed by atoms with Gasteiger partial charge in [-0.3, -0.25) is 0 Å². The number of hydrogen-bond acceptors (Lipinski definition) is 7. The molecule has 20 heavy (non-hydrogen) atoms. The van der Waals surface area contributed by atoms with Crippen molar-refractivity contribution in [3.8, 4) is 5.95 Å². The normalized spacial score (nSPS) is 15.9. The highest BCUT2D eigenvalue weighted by Crippen LogP contribution is 2.48. The molecule has 0 aliphatic heterocycles. The Morgan fingerprint density at radius 1 is 1.25 bits per heavy atom. The molecular weight excluding hydrogens is 256 g/mol. The molecular formula is C12H18N8. The second kappa shape index (κ2) is 5.03. The van der Waals surface area contributed by atoms with Gasteiger partial charge in [-0.15, -0.1) is 0 Å². The quantitative estimate of drug-likeness (QED) is 0.814. The maximum atomic E-state index is 4.38. The van der Waals surface area contributed by atoms with Crippen molar-refractivity contribution >= 4 is 11.9 Å². The first kappa shape index (κ1) is 12.8. The highest BCUT2D eigenvalue weighted by molar-refractivity contribution is 5.37. The van der Waals surface area contributed by atoms with E-state index in [9.17, 15) is 0 Å². The number of nitrogens with one attached hydrogen (secondary N) is 2. The molecule has 1 aliphatic carbocycles. The lowest BCUT2D eigenvalue weighted by atomic mass is 10.0. The molecule has 0 spiro atoms. The molecule has 2 heterocycles. The zero-order chi connectivity index (χ0) is 14.0. The van der Waals surface area contributed by atoms with E-state index in [1.165, 1.54) is 30.3 Å². The van der Waals surface area contributed by atoms with Gasteiger partial charge in [-0.2, -0.15) is 24.7 Å². The van der Waals surface area contributed by atoms with Crippen LogP contribution in [0.1, 0.15) is 26.2 Å². The van der Waals surface area contributed by atoms with E-state index in [1.54, 1.807) is 13.4 Å². The minimum atomic E-state index is 0.430. The fourth-order valence-corrected chi connectivity index (χ4v) is 2.07. The molecule has 0 unspecified atom stereocenters. The maximum Gasteiger partial charge on any atom is 0.258 e. The predicted octanol–water partition coefficient (Wildman–Crippen LogP) is 1.10. The van der Waals surface area contributed by atoms with E-state index in [4.69, 9.17) is 0 Å². The van der Waals surface area contributed by atoms with Crippen LogP contribution in [0.3, 0.4) is 0 Å². The van der Waals surface area contributed by atoms with Gasteiger partial charge in [0.25, 0.3) is 5.95 Å². The van der Waals surface area contributed by atoms with E-state index in [2.05, 4.69) is 42.6 Å². The van der Waals surface area contributed by atoms with Crippen molar-refractivity contribution in [2.45, 2.75) is 26.2 Å². The lowest BCUT2D eigenvalue weighted by Gasteiger charge is -2.14. The van der Waals surface area contributed by atoms with Crippen molar-refractivity contribution in [1.82, 2.24) is 29.7 Å². The first-order chi connectivity index (χ1) is 9.74. The summed E-state index contributed by atoms with van der Waals surface area (Å²) in [6.07, 6.45) is 6.74. The van der Waals surface area contributed by atoms with Crippen LogP contribution in [0.5, 0.6) is 0 Å². The highest BCUT2D eigenvalue weighted by atomic mass is 15.4. The summed E-state index contributed by atoms with van der Waals surface area (Å²) in [6, 6.07) is 0. The zero-order valence-corrected chi connectivity index (χ0v) is 11.7. The second-order valence-corrected chi connectivity index (χ2v) is 5.08. The van der Waals surface area contributed by atoms with Crippen LogP contribution in [0.25, 0.3) is 5.95 Å². The monoisotopic (exact) mass is 274 g/mol. The molecule has 2 aromatic rings. The molecule has 8 nitrogen and oxygen atoms in total. The van der Waals surface area contributed by atoms with Crippen LogP contribution >= 0.6 is 0 Å².